The molecule has 4 fully saturated rings. The Morgan fingerprint density at radius 1 is 1.09 bits per heavy atom. The molecule has 0 bridgehead atoms. The number of aromatic nitrogens is 1. The molecular formula is C39H49ClN8O5S. The molecule has 1 aromatic carbocycles. The Bertz CT molecular complexity index is 1850. The maximum atomic E-state index is 13.6. The van der Waals surface area contributed by atoms with Crippen molar-refractivity contribution in [1.29, 1.82) is 5.26 Å². The summed E-state index contributed by atoms with van der Waals surface area (Å²) in [7, 11) is 0. The standard InChI is InChI=1S/C39H49ClN8O5S/c1-23-21-45(22-24(2)46(23)35-33(42-25(3)49)15-14-32(43-35)30-13-16-34(50)44-36(30)51)17-6-18-53-29-11-9-27(10-12-29)48-38(54)47(37(52)39(48,4)5)28-8-7-26(20-41)31(40)19-28/h7-8,14-15,19,23-24,27,29-30H,6,9-13,16-18,21-22H2,1-5H3,(H,42,49)(H,44,50,51)/t23-,24+,27?,29?,30?. The van der Waals surface area contributed by atoms with E-state index in [0.717, 1.165) is 51.7 Å². The first-order chi connectivity index (χ1) is 25.7. The molecule has 6 rings (SSSR count). The molecule has 2 N–H and O–H groups in total. The Balaban J connectivity index is 0.997. The van der Waals surface area contributed by atoms with E-state index in [1.165, 1.54) is 6.92 Å². The smallest absolute Gasteiger partial charge is 0.258 e. The number of carbonyl (C=O) groups is 4. The summed E-state index contributed by atoms with van der Waals surface area (Å²) in [6, 6.07) is 10.9. The van der Waals surface area contributed by atoms with Gasteiger partial charge in [-0.2, -0.15) is 5.26 Å². The number of nitrogens with zero attached hydrogens (tertiary/aromatic N) is 6. The van der Waals surface area contributed by atoms with E-state index in [1.54, 1.807) is 29.2 Å². The number of carbonyl (C=O) groups excluding carboxylic acids is 4. The van der Waals surface area contributed by atoms with E-state index in [4.69, 9.17) is 33.5 Å². The third-order valence-electron chi connectivity index (χ3n) is 11.1. The number of amides is 4. The Labute approximate surface area is 327 Å². The molecule has 2 aromatic rings. The van der Waals surface area contributed by atoms with E-state index in [-0.39, 0.29) is 59.3 Å². The fraction of sp³-hybridized carbons (Fsp3) is 0.564. The molecule has 3 aliphatic heterocycles. The van der Waals surface area contributed by atoms with Crippen LogP contribution >= 0.6 is 23.8 Å². The Hall–Kier alpha value is -4.16. The monoisotopic (exact) mass is 776 g/mol. The number of benzene rings is 1. The zero-order valence-corrected chi connectivity index (χ0v) is 33.1. The minimum Gasteiger partial charge on any atom is -0.378 e. The Kier molecular flexibility index (Phi) is 11.9. The van der Waals surface area contributed by atoms with Gasteiger partial charge in [0.05, 0.1) is 39.7 Å². The van der Waals surface area contributed by atoms with Gasteiger partial charge in [0.25, 0.3) is 5.91 Å². The van der Waals surface area contributed by atoms with Crippen LogP contribution in [0.5, 0.6) is 0 Å². The second kappa shape index (κ2) is 16.3. The molecule has 4 aliphatic rings. The van der Waals surface area contributed by atoms with Crippen LogP contribution in [0.1, 0.15) is 96.7 Å². The van der Waals surface area contributed by atoms with Gasteiger partial charge in [-0.25, -0.2) is 4.98 Å². The van der Waals surface area contributed by atoms with Crippen LogP contribution in [0.25, 0.3) is 0 Å². The number of pyridine rings is 1. The number of nitriles is 1. The highest BCUT2D eigenvalue weighted by molar-refractivity contribution is 7.80. The van der Waals surface area contributed by atoms with Crippen molar-refractivity contribution in [2.75, 3.05) is 41.4 Å². The van der Waals surface area contributed by atoms with E-state index in [1.807, 2.05) is 19.9 Å². The lowest BCUT2D eigenvalue weighted by Crippen LogP contribution is -2.57. The number of anilines is 3. The summed E-state index contributed by atoms with van der Waals surface area (Å²) in [5.74, 6) is -0.799. The zero-order valence-electron chi connectivity index (χ0n) is 31.6. The van der Waals surface area contributed by atoms with Gasteiger partial charge in [0.15, 0.2) is 10.9 Å². The van der Waals surface area contributed by atoms with Crippen molar-refractivity contribution in [2.24, 2.45) is 0 Å². The molecule has 1 aromatic heterocycles. The summed E-state index contributed by atoms with van der Waals surface area (Å²) in [4.78, 5) is 63.3. The van der Waals surface area contributed by atoms with E-state index < -0.39 is 11.5 Å². The zero-order chi connectivity index (χ0) is 38.9. The average Bonchev–Trinajstić information content (AvgIpc) is 3.29. The van der Waals surface area contributed by atoms with Crippen molar-refractivity contribution in [3.63, 3.8) is 0 Å². The summed E-state index contributed by atoms with van der Waals surface area (Å²) in [6.07, 6.45) is 5.19. The number of hydrogen-bond acceptors (Lipinski definition) is 10. The molecule has 54 heavy (non-hydrogen) atoms. The van der Waals surface area contributed by atoms with Crippen LogP contribution in [0.2, 0.25) is 5.02 Å². The van der Waals surface area contributed by atoms with Crippen LogP contribution in [-0.2, 0) is 23.9 Å². The molecule has 4 amide bonds. The number of imide groups is 1. The van der Waals surface area contributed by atoms with Crippen LogP contribution in [0, 0.1) is 11.3 Å². The van der Waals surface area contributed by atoms with Crippen molar-refractivity contribution in [3.05, 3.63) is 46.6 Å². The minimum absolute atomic E-state index is 0.0829. The largest absolute Gasteiger partial charge is 0.378 e. The summed E-state index contributed by atoms with van der Waals surface area (Å²) < 4.78 is 6.38. The van der Waals surface area contributed by atoms with Crippen LogP contribution in [0.4, 0.5) is 17.2 Å². The van der Waals surface area contributed by atoms with E-state index in [2.05, 4.69) is 45.3 Å². The lowest BCUT2D eigenvalue weighted by molar-refractivity contribution is -0.134. The first-order valence-electron chi connectivity index (χ1n) is 18.8. The van der Waals surface area contributed by atoms with Crippen molar-refractivity contribution in [2.45, 2.75) is 115 Å². The Morgan fingerprint density at radius 3 is 2.43 bits per heavy atom. The second-order valence-electron chi connectivity index (χ2n) is 15.4. The molecule has 0 spiro atoms. The number of piperazine rings is 1. The van der Waals surface area contributed by atoms with Gasteiger partial charge < -0.3 is 19.9 Å². The number of rotatable bonds is 10. The predicted octanol–water partition coefficient (Wildman–Crippen LogP) is 5.11. The van der Waals surface area contributed by atoms with E-state index >= 15 is 0 Å². The van der Waals surface area contributed by atoms with Crippen LogP contribution in [-0.4, -0.2) is 99.5 Å². The fourth-order valence-electron chi connectivity index (χ4n) is 8.54. The lowest BCUT2D eigenvalue weighted by Gasteiger charge is -2.46. The van der Waals surface area contributed by atoms with Crippen molar-refractivity contribution in [1.82, 2.24) is 20.1 Å². The third kappa shape index (κ3) is 8.10. The van der Waals surface area contributed by atoms with Crippen molar-refractivity contribution in [3.8, 4) is 6.07 Å². The quantitative estimate of drug-likeness (QED) is 0.188. The molecule has 3 saturated heterocycles. The molecule has 288 valence electrons. The van der Waals surface area contributed by atoms with Crippen molar-refractivity contribution >= 4 is 69.8 Å². The van der Waals surface area contributed by atoms with Crippen molar-refractivity contribution < 1.29 is 23.9 Å². The van der Waals surface area contributed by atoms with Gasteiger partial charge >= 0.3 is 0 Å². The number of thiocarbonyl (C=S) groups is 1. The number of hydrogen-bond donors (Lipinski definition) is 2. The van der Waals surface area contributed by atoms with Gasteiger partial charge in [0.2, 0.25) is 17.7 Å². The highest BCUT2D eigenvalue weighted by atomic mass is 35.5. The van der Waals surface area contributed by atoms with Gasteiger partial charge in [-0.3, -0.25) is 34.3 Å². The molecule has 1 aliphatic carbocycles. The topological polar surface area (TPSA) is 151 Å². The highest BCUT2D eigenvalue weighted by Crippen LogP contribution is 2.39. The van der Waals surface area contributed by atoms with Crippen LogP contribution in [0.3, 0.4) is 0 Å². The maximum Gasteiger partial charge on any atom is 0.258 e. The van der Waals surface area contributed by atoms with Gasteiger partial charge in [-0.1, -0.05) is 11.6 Å². The Morgan fingerprint density at radius 2 is 1.80 bits per heavy atom. The molecule has 0 radical (unpaired) electrons. The molecule has 15 heteroatoms. The lowest BCUT2D eigenvalue weighted by atomic mass is 9.89. The van der Waals surface area contributed by atoms with Gasteiger partial charge in [-0.05, 0) is 109 Å². The van der Waals surface area contributed by atoms with Gasteiger partial charge in [-0.15, -0.1) is 0 Å². The molecule has 1 unspecified atom stereocenters. The second-order valence-corrected chi connectivity index (χ2v) is 16.2. The minimum atomic E-state index is -0.813. The number of ether oxygens (including phenoxy) is 1. The predicted molar refractivity (Wildman–Crippen MR) is 210 cm³/mol. The molecular weight excluding hydrogens is 728 g/mol. The third-order valence-corrected chi connectivity index (χ3v) is 11.8. The first kappa shape index (κ1) is 39.5. The molecule has 1 saturated carbocycles. The first-order valence-corrected chi connectivity index (χ1v) is 19.6. The number of halogens is 1. The van der Waals surface area contributed by atoms with Crippen LogP contribution < -0.4 is 20.4 Å². The average molecular weight is 777 g/mol. The van der Waals surface area contributed by atoms with E-state index in [9.17, 15) is 24.4 Å². The van der Waals surface area contributed by atoms with Gasteiger partial charge in [0, 0.05) is 57.7 Å². The number of nitrogens with one attached hydrogen (secondary N) is 2. The normalized spacial score (nSPS) is 26.2. The molecule has 13 nitrogen and oxygen atoms in total. The maximum absolute atomic E-state index is 13.6. The summed E-state index contributed by atoms with van der Waals surface area (Å²) >= 11 is 12.2. The summed E-state index contributed by atoms with van der Waals surface area (Å²) in [6.45, 7) is 12.7. The fourth-order valence-corrected chi connectivity index (χ4v) is 9.32. The van der Waals surface area contributed by atoms with Crippen LogP contribution in [0.15, 0.2) is 30.3 Å². The molecule has 4 heterocycles. The summed E-state index contributed by atoms with van der Waals surface area (Å²) in [5.41, 5.74) is 1.29. The van der Waals surface area contributed by atoms with Gasteiger partial charge in [0.1, 0.15) is 11.6 Å². The van der Waals surface area contributed by atoms with E-state index in [0.29, 0.717) is 46.6 Å². The highest BCUT2D eigenvalue weighted by Gasteiger charge is 2.52. The number of piperidine rings is 1. The SMILES string of the molecule is CC(=O)Nc1ccc(C2CCC(=O)NC2=O)nc1N1[C@H](C)CN(CCCOC2CCC(N3C(=S)N(c4ccc(C#N)c(Cl)c4)C(=O)C3(C)C)CC2)C[C@@H]1C. The molecule has 3 atom stereocenters. The summed E-state index contributed by atoms with van der Waals surface area (Å²) in [5, 5.41) is 15.4.